The first kappa shape index (κ1) is 12.3. The Morgan fingerprint density at radius 1 is 1.13 bits per heavy atom. The summed E-state index contributed by atoms with van der Waals surface area (Å²) in [5, 5.41) is -0.226. The minimum Gasteiger partial charge on any atom is -0.281 e. The molecule has 0 aliphatic carbocycles. The zero-order chi connectivity index (χ0) is 11.1. The molecule has 0 heterocycles. The highest BCUT2D eigenvalue weighted by Crippen LogP contribution is 2.09. The monoisotopic (exact) mass is 224 g/mol. The van der Waals surface area contributed by atoms with E-state index in [4.69, 9.17) is 11.6 Å². The largest absolute Gasteiger partial charge is 0.281 e. The highest BCUT2D eigenvalue weighted by Gasteiger charge is 1.97. The van der Waals surface area contributed by atoms with Crippen molar-refractivity contribution in [3.63, 3.8) is 0 Å². The van der Waals surface area contributed by atoms with Crippen molar-refractivity contribution in [2.24, 2.45) is 0 Å². The van der Waals surface area contributed by atoms with Crippen molar-refractivity contribution in [2.45, 2.75) is 39.0 Å². The molecule has 15 heavy (non-hydrogen) atoms. The van der Waals surface area contributed by atoms with Crippen molar-refractivity contribution in [3.05, 3.63) is 35.4 Å². The van der Waals surface area contributed by atoms with Crippen molar-refractivity contribution in [1.82, 2.24) is 0 Å². The average Bonchev–Trinajstić information content (AvgIpc) is 2.25. The van der Waals surface area contributed by atoms with Gasteiger partial charge in [0.15, 0.2) is 0 Å². The molecule has 0 aliphatic heterocycles. The summed E-state index contributed by atoms with van der Waals surface area (Å²) in [5.74, 6) is 0. The van der Waals surface area contributed by atoms with Crippen LogP contribution in [0.15, 0.2) is 24.3 Å². The van der Waals surface area contributed by atoms with Crippen LogP contribution in [0.3, 0.4) is 0 Å². The van der Waals surface area contributed by atoms with Gasteiger partial charge in [0.1, 0.15) is 0 Å². The number of carbonyl (C=O) groups excluding carboxylic acids is 1. The van der Waals surface area contributed by atoms with Gasteiger partial charge in [-0.15, -0.1) is 0 Å². The van der Waals surface area contributed by atoms with Crippen LogP contribution in [0.4, 0.5) is 0 Å². The minimum atomic E-state index is -0.226. The number of benzene rings is 1. The van der Waals surface area contributed by atoms with E-state index in [1.807, 2.05) is 0 Å². The van der Waals surface area contributed by atoms with Gasteiger partial charge in [0, 0.05) is 6.42 Å². The molecule has 0 saturated heterocycles. The molecule has 0 N–H and O–H groups in total. The lowest BCUT2D eigenvalue weighted by atomic mass is 10.0. The SMILES string of the molecule is CCc1ccc(CCCCC(=O)Cl)cc1. The molecule has 0 atom stereocenters. The summed E-state index contributed by atoms with van der Waals surface area (Å²) in [6.45, 7) is 2.15. The second-order valence-electron chi connectivity index (χ2n) is 3.73. The van der Waals surface area contributed by atoms with Gasteiger partial charge < -0.3 is 0 Å². The van der Waals surface area contributed by atoms with E-state index >= 15 is 0 Å². The fourth-order valence-electron chi connectivity index (χ4n) is 1.53. The second kappa shape index (κ2) is 6.62. The van der Waals surface area contributed by atoms with Crippen LogP contribution < -0.4 is 0 Å². The van der Waals surface area contributed by atoms with E-state index < -0.39 is 0 Å². The lowest BCUT2D eigenvalue weighted by Gasteiger charge is -2.02. The standard InChI is InChI=1S/C13H17ClO/c1-2-11-7-9-12(10-8-11)5-3-4-6-13(14)15/h7-10H,2-6H2,1H3. The second-order valence-corrected chi connectivity index (χ2v) is 4.15. The molecule has 2 heteroatoms. The summed E-state index contributed by atoms with van der Waals surface area (Å²) in [6.07, 6.45) is 4.53. The molecule has 0 radical (unpaired) electrons. The Hall–Kier alpha value is -0.820. The molecule has 1 aromatic carbocycles. The van der Waals surface area contributed by atoms with Crippen LogP contribution in [0.2, 0.25) is 0 Å². The average molecular weight is 225 g/mol. The van der Waals surface area contributed by atoms with Crippen LogP contribution >= 0.6 is 11.6 Å². The van der Waals surface area contributed by atoms with Crippen molar-refractivity contribution in [3.8, 4) is 0 Å². The minimum absolute atomic E-state index is 0.226. The predicted molar refractivity (Wildman–Crippen MR) is 64.2 cm³/mol. The molecule has 0 aromatic heterocycles. The van der Waals surface area contributed by atoms with Crippen LogP contribution in [-0.4, -0.2) is 5.24 Å². The van der Waals surface area contributed by atoms with Crippen LogP contribution in [-0.2, 0) is 17.6 Å². The van der Waals surface area contributed by atoms with Crippen molar-refractivity contribution >= 4 is 16.8 Å². The van der Waals surface area contributed by atoms with Crippen molar-refractivity contribution in [1.29, 1.82) is 0 Å². The summed E-state index contributed by atoms with van der Waals surface area (Å²) >= 11 is 5.26. The third-order valence-electron chi connectivity index (χ3n) is 2.52. The van der Waals surface area contributed by atoms with Gasteiger partial charge in [0.2, 0.25) is 5.24 Å². The predicted octanol–water partition coefficient (Wildman–Crippen LogP) is 3.73. The van der Waals surface area contributed by atoms with Gasteiger partial charge >= 0.3 is 0 Å². The van der Waals surface area contributed by atoms with Crippen molar-refractivity contribution in [2.75, 3.05) is 0 Å². The summed E-state index contributed by atoms with van der Waals surface area (Å²) in [4.78, 5) is 10.5. The Balaban J connectivity index is 2.28. The number of unbranched alkanes of at least 4 members (excludes halogenated alkanes) is 1. The fourth-order valence-corrected chi connectivity index (χ4v) is 1.67. The topological polar surface area (TPSA) is 17.1 Å². The van der Waals surface area contributed by atoms with E-state index in [-0.39, 0.29) is 5.24 Å². The maximum absolute atomic E-state index is 10.5. The highest BCUT2D eigenvalue weighted by molar-refractivity contribution is 6.63. The number of hydrogen-bond donors (Lipinski definition) is 0. The number of hydrogen-bond acceptors (Lipinski definition) is 1. The van der Waals surface area contributed by atoms with Gasteiger partial charge in [-0.1, -0.05) is 31.2 Å². The first-order chi connectivity index (χ1) is 7.22. The lowest BCUT2D eigenvalue weighted by molar-refractivity contribution is -0.111. The van der Waals surface area contributed by atoms with Crippen LogP contribution in [0.25, 0.3) is 0 Å². The zero-order valence-electron chi connectivity index (χ0n) is 9.13. The molecule has 0 spiro atoms. The Labute approximate surface area is 96.5 Å². The van der Waals surface area contributed by atoms with Gasteiger partial charge in [0.25, 0.3) is 0 Å². The zero-order valence-corrected chi connectivity index (χ0v) is 9.89. The molecule has 0 unspecified atom stereocenters. The third-order valence-corrected chi connectivity index (χ3v) is 2.71. The lowest BCUT2D eigenvalue weighted by Crippen LogP contribution is -1.90. The van der Waals surface area contributed by atoms with Crippen LogP contribution in [0, 0.1) is 0 Å². The normalized spacial score (nSPS) is 10.3. The van der Waals surface area contributed by atoms with Gasteiger partial charge in [-0.25, -0.2) is 0 Å². The number of rotatable bonds is 6. The van der Waals surface area contributed by atoms with Gasteiger partial charge in [0.05, 0.1) is 0 Å². The summed E-state index contributed by atoms with van der Waals surface area (Å²) in [5.41, 5.74) is 2.71. The van der Waals surface area contributed by atoms with E-state index in [9.17, 15) is 4.79 Å². The quantitative estimate of drug-likeness (QED) is 0.532. The fraction of sp³-hybridized carbons (Fsp3) is 0.462. The Morgan fingerprint density at radius 3 is 2.27 bits per heavy atom. The van der Waals surface area contributed by atoms with Gasteiger partial charge in [-0.2, -0.15) is 0 Å². The van der Waals surface area contributed by atoms with E-state index in [0.717, 1.165) is 25.7 Å². The first-order valence-corrected chi connectivity index (χ1v) is 5.86. The molecule has 1 nitrogen and oxygen atoms in total. The van der Waals surface area contributed by atoms with E-state index in [1.54, 1.807) is 0 Å². The Morgan fingerprint density at radius 2 is 1.73 bits per heavy atom. The molecule has 0 aliphatic rings. The molecule has 0 bridgehead atoms. The van der Waals surface area contributed by atoms with Crippen molar-refractivity contribution < 1.29 is 4.79 Å². The molecule has 0 saturated carbocycles. The Kier molecular flexibility index (Phi) is 5.41. The van der Waals surface area contributed by atoms with Gasteiger partial charge in [-0.05, 0) is 48.4 Å². The molecule has 0 fully saturated rings. The number of aryl methyl sites for hydroxylation is 2. The first-order valence-electron chi connectivity index (χ1n) is 5.48. The van der Waals surface area contributed by atoms with Crippen LogP contribution in [0.5, 0.6) is 0 Å². The summed E-state index contributed by atoms with van der Waals surface area (Å²) in [7, 11) is 0. The number of halogens is 1. The molecule has 1 rings (SSSR count). The number of carbonyl (C=O) groups is 1. The highest BCUT2D eigenvalue weighted by atomic mass is 35.5. The van der Waals surface area contributed by atoms with E-state index in [0.29, 0.717) is 6.42 Å². The maximum atomic E-state index is 10.5. The summed E-state index contributed by atoms with van der Waals surface area (Å²) < 4.78 is 0. The van der Waals surface area contributed by atoms with E-state index in [2.05, 4.69) is 31.2 Å². The Bertz CT molecular complexity index is 303. The maximum Gasteiger partial charge on any atom is 0.221 e. The molecule has 0 amide bonds. The third kappa shape index (κ3) is 4.98. The van der Waals surface area contributed by atoms with E-state index in [1.165, 1.54) is 11.1 Å². The summed E-state index contributed by atoms with van der Waals surface area (Å²) in [6, 6.07) is 8.67. The molecular weight excluding hydrogens is 208 g/mol. The molecule has 1 aromatic rings. The molecule has 82 valence electrons. The van der Waals surface area contributed by atoms with Gasteiger partial charge in [-0.3, -0.25) is 4.79 Å². The molecular formula is C13H17ClO. The smallest absolute Gasteiger partial charge is 0.221 e. The van der Waals surface area contributed by atoms with Crippen LogP contribution in [0.1, 0.15) is 37.3 Å².